The molecule has 0 saturated heterocycles. The van der Waals surface area contributed by atoms with Gasteiger partial charge in [0.05, 0.1) is 12.8 Å². The highest BCUT2D eigenvalue weighted by molar-refractivity contribution is 7.13. The highest BCUT2D eigenvalue weighted by Crippen LogP contribution is 2.20. The summed E-state index contributed by atoms with van der Waals surface area (Å²) in [5, 5.41) is 5.11. The Labute approximate surface area is 143 Å². The lowest BCUT2D eigenvalue weighted by molar-refractivity contribution is 0.0992. The molecule has 0 aliphatic heterocycles. The smallest absolute Gasteiger partial charge is 0.293 e. The molecule has 0 radical (unpaired) electrons. The fourth-order valence-corrected chi connectivity index (χ4v) is 2.66. The molecule has 0 atom stereocenters. The summed E-state index contributed by atoms with van der Waals surface area (Å²) in [5.41, 5.74) is 0.864. The fraction of sp³-hybridized carbons (Fsp3) is 0.176. The Morgan fingerprint density at radius 1 is 1.21 bits per heavy atom. The molecule has 2 aromatic heterocycles. The predicted octanol–water partition coefficient (Wildman–Crippen LogP) is 3.88. The minimum Gasteiger partial charge on any atom is -0.497 e. The molecule has 1 amide bonds. The van der Waals surface area contributed by atoms with Gasteiger partial charge in [-0.05, 0) is 43.3 Å². The van der Waals surface area contributed by atoms with Crippen molar-refractivity contribution in [2.75, 3.05) is 12.4 Å². The largest absolute Gasteiger partial charge is 0.497 e. The Hall–Kier alpha value is -2.80. The number of hydrogen-bond donors (Lipinski definition) is 1. The van der Waals surface area contributed by atoms with Gasteiger partial charge in [-0.2, -0.15) is 0 Å². The zero-order valence-electron chi connectivity index (χ0n) is 13.2. The third-order valence-electron chi connectivity index (χ3n) is 3.17. The van der Waals surface area contributed by atoms with Gasteiger partial charge in [-0.25, -0.2) is 4.98 Å². The Morgan fingerprint density at radius 3 is 2.62 bits per heavy atom. The van der Waals surface area contributed by atoms with Gasteiger partial charge in [-0.15, -0.1) is 11.3 Å². The summed E-state index contributed by atoms with van der Waals surface area (Å²) >= 11 is 1.37. The highest BCUT2D eigenvalue weighted by Gasteiger charge is 2.13. The van der Waals surface area contributed by atoms with E-state index in [0.29, 0.717) is 16.6 Å². The first-order valence-electron chi connectivity index (χ1n) is 7.23. The van der Waals surface area contributed by atoms with Crippen LogP contribution in [0.5, 0.6) is 11.5 Å². The molecular weight excluding hydrogens is 328 g/mol. The van der Waals surface area contributed by atoms with E-state index in [2.05, 4.69) is 10.3 Å². The number of aromatic nitrogens is 1. The Balaban J connectivity index is 1.57. The molecular formula is C17H16N2O4S. The van der Waals surface area contributed by atoms with Crippen LogP contribution >= 0.6 is 11.3 Å². The minimum absolute atomic E-state index is 0.219. The van der Waals surface area contributed by atoms with Gasteiger partial charge in [0, 0.05) is 5.38 Å². The van der Waals surface area contributed by atoms with Crippen LogP contribution in [0.25, 0.3) is 0 Å². The number of hydrogen-bond acceptors (Lipinski definition) is 6. The second-order valence-corrected chi connectivity index (χ2v) is 5.84. The topological polar surface area (TPSA) is 73.6 Å². The molecule has 1 aromatic carbocycles. The molecule has 0 fully saturated rings. The quantitative estimate of drug-likeness (QED) is 0.734. The van der Waals surface area contributed by atoms with Gasteiger partial charge in [0.25, 0.3) is 5.91 Å². The highest BCUT2D eigenvalue weighted by atomic mass is 32.1. The van der Waals surface area contributed by atoms with Crippen molar-refractivity contribution < 1.29 is 18.7 Å². The molecule has 24 heavy (non-hydrogen) atoms. The van der Waals surface area contributed by atoms with Crippen LogP contribution in [0.4, 0.5) is 5.13 Å². The van der Waals surface area contributed by atoms with Crippen molar-refractivity contribution in [3.63, 3.8) is 0 Å². The minimum atomic E-state index is -0.333. The summed E-state index contributed by atoms with van der Waals surface area (Å²) < 4.78 is 16.2. The molecule has 1 N–H and O–H groups in total. The van der Waals surface area contributed by atoms with Gasteiger partial charge >= 0.3 is 0 Å². The zero-order valence-corrected chi connectivity index (χ0v) is 14.1. The first-order chi connectivity index (χ1) is 11.6. The van der Waals surface area contributed by atoms with Crippen LogP contribution < -0.4 is 14.8 Å². The van der Waals surface area contributed by atoms with E-state index in [1.807, 2.05) is 24.4 Å². The molecule has 6 nitrogen and oxygen atoms in total. The van der Waals surface area contributed by atoms with E-state index in [-0.39, 0.29) is 18.3 Å². The van der Waals surface area contributed by atoms with Crippen molar-refractivity contribution in [1.82, 2.24) is 4.98 Å². The molecule has 0 unspecified atom stereocenters. The maximum Gasteiger partial charge on any atom is 0.293 e. The first kappa shape index (κ1) is 16.1. The lowest BCUT2D eigenvalue weighted by Crippen LogP contribution is -2.10. The molecule has 124 valence electrons. The Morgan fingerprint density at radius 2 is 1.96 bits per heavy atom. The summed E-state index contributed by atoms with van der Waals surface area (Å²) in [6, 6.07) is 10.6. The number of nitrogens with one attached hydrogen (secondary N) is 1. The lowest BCUT2D eigenvalue weighted by Gasteiger charge is -2.05. The van der Waals surface area contributed by atoms with E-state index >= 15 is 0 Å². The number of carbonyl (C=O) groups is 1. The molecule has 0 aliphatic rings. The first-order valence-corrected chi connectivity index (χ1v) is 8.11. The average molecular weight is 344 g/mol. The van der Waals surface area contributed by atoms with Crippen LogP contribution in [0.15, 0.2) is 46.2 Å². The van der Waals surface area contributed by atoms with E-state index in [9.17, 15) is 4.79 Å². The van der Waals surface area contributed by atoms with Crippen molar-refractivity contribution >= 4 is 22.4 Å². The average Bonchev–Trinajstić information content (AvgIpc) is 3.22. The number of anilines is 1. The van der Waals surface area contributed by atoms with E-state index in [0.717, 1.165) is 11.4 Å². The van der Waals surface area contributed by atoms with E-state index < -0.39 is 0 Å². The summed E-state index contributed by atoms with van der Waals surface area (Å²) in [5.74, 6) is 1.90. The van der Waals surface area contributed by atoms with Crippen molar-refractivity contribution in [3.8, 4) is 11.5 Å². The second kappa shape index (κ2) is 7.18. The number of furan rings is 1. The Bertz CT molecular complexity index is 823. The number of thiazole rings is 1. The summed E-state index contributed by atoms with van der Waals surface area (Å²) in [4.78, 5) is 16.3. The van der Waals surface area contributed by atoms with Gasteiger partial charge in [0.1, 0.15) is 23.9 Å². The van der Waals surface area contributed by atoms with Crippen molar-refractivity contribution in [1.29, 1.82) is 0 Å². The summed E-state index contributed by atoms with van der Waals surface area (Å²) in [6.45, 7) is 2.10. The zero-order chi connectivity index (χ0) is 16.9. The number of methoxy groups -OCH3 is 1. The normalized spacial score (nSPS) is 10.4. The molecule has 0 aliphatic carbocycles. The molecule has 0 saturated carbocycles. The Kier molecular flexibility index (Phi) is 4.81. The van der Waals surface area contributed by atoms with Crippen molar-refractivity contribution in [2.45, 2.75) is 13.5 Å². The number of ether oxygens (including phenoxy) is 2. The van der Waals surface area contributed by atoms with Gasteiger partial charge in [-0.3, -0.25) is 10.1 Å². The monoisotopic (exact) mass is 344 g/mol. The molecule has 3 aromatic rings. The number of nitrogens with zero attached hydrogens (tertiary/aromatic N) is 1. The number of amides is 1. The van der Waals surface area contributed by atoms with Crippen LogP contribution in [0.2, 0.25) is 0 Å². The molecule has 7 heteroatoms. The molecule has 0 spiro atoms. The third-order valence-corrected chi connectivity index (χ3v) is 4.04. The standard InChI is InChI=1S/C17H16N2O4S/c1-11-10-24-17(18-11)19-16(20)15-8-7-14(23-15)9-22-13-5-3-12(21-2)4-6-13/h3-8,10H,9H2,1-2H3,(H,18,19,20). The maximum absolute atomic E-state index is 12.1. The fourth-order valence-electron chi connectivity index (χ4n) is 1.97. The lowest BCUT2D eigenvalue weighted by atomic mass is 10.3. The van der Waals surface area contributed by atoms with Crippen molar-refractivity contribution in [2.24, 2.45) is 0 Å². The van der Waals surface area contributed by atoms with Gasteiger partial charge in [-0.1, -0.05) is 0 Å². The SMILES string of the molecule is COc1ccc(OCc2ccc(C(=O)Nc3nc(C)cs3)o2)cc1. The van der Waals surface area contributed by atoms with Crippen molar-refractivity contribution in [3.05, 3.63) is 59.0 Å². The number of aryl methyl sites for hydroxylation is 1. The van der Waals surface area contributed by atoms with E-state index in [1.54, 1.807) is 31.4 Å². The third kappa shape index (κ3) is 3.94. The van der Waals surface area contributed by atoms with Crippen LogP contribution in [-0.4, -0.2) is 18.0 Å². The van der Waals surface area contributed by atoms with E-state index in [4.69, 9.17) is 13.9 Å². The number of rotatable bonds is 6. The van der Waals surface area contributed by atoms with Gasteiger partial charge in [0.2, 0.25) is 0 Å². The molecule has 2 heterocycles. The summed E-state index contributed by atoms with van der Waals surface area (Å²) in [7, 11) is 1.61. The van der Waals surface area contributed by atoms with Crippen LogP contribution in [0.1, 0.15) is 22.0 Å². The molecule has 0 bridgehead atoms. The van der Waals surface area contributed by atoms with E-state index in [1.165, 1.54) is 11.3 Å². The summed E-state index contributed by atoms with van der Waals surface area (Å²) in [6.07, 6.45) is 0. The number of benzene rings is 1. The predicted molar refractivity (Wildman–Crippen MR) is 90.8 cm³/mol. The van der Waals surface area contributed by atoms with Crippen LogP contribution in [0, 0.1) is 6.92 Å². The number of carbonyl (C=O) groups excluding carboxylic acids is 1. The van der Waals surface area contributed by atoms with Gasteiger partial charge < -0.3 is 13.9 Å². The van der Waals surface area contributed by atoms with Gasteiger partial charge in [0.15, 0.2) is 10.9 Å². The second-order valence-electron chi connectivity index (χ2n) is 4.98. The van der Waals surface area contributed by atoms with Crippen LogP contribution in [-0.2, 0) is 6.61 Å². The molecule has 3 rings (SSSR count). The maximum atomic E-state index is 12.1. The van der Waals surface area contributed by atoms with Crippen LogP contribution in [0.3, 0.4) is 0 Å².